The van der Waals surface area contributed by atoms with Gasteiger partial charge in [0.2, 0.25) is 10.0 Å². The van der Waals surface area contributed by atoms with Crippen molar-refractivity contribution in [3.63, 3.8) is 0 Å². The van der Waals surface area contributed by atoms with Crippen LogP contribution in [0.1, 0.15) is 5.56 Å². The highest BCUT2D eigenvalue weighted by molar-refractivity contribution is 7.89. The van der Waals surface area contributed by atoms with Crippen LogP contribution in [0, 0.1) is 0 Å². The summed E-state index contributed by atoms with van der Waals surface area (Å²) in [6.45, 7) is -0.374. The van der Waals surface area contributed by atoms with Gasteiger partial charge in [0.05, 0.1) is 24.8 Å². The van der Waals surface area contributed by atoms with Gasteiger partial charge in [0.15, 0.2) is 0 Å². The number of ether oxygens (including phenoxy) is 1. The molecule has 0 heterocycles. The van der Waals surface area contributed by atoms with E-state index in [1.165, 1.54) is 44.6 Å². The predicted octanol–water partition coefficient (Wildman–Crippen LogP) is 2.12. The molecule has 0 fully saturated rings. The number of likely N-dealkylation sites (N-methyl/N-ethyl adjacent to an activating group) is 1. The molecule has 2 rings (SSSR count). The molecule has 7 nitrogen and oxygen atoms in total. The summed E-state index contributed by atoms with van der Waals surface area (Å²) in [5.74, 6) is -0.0254. The van der Waals surface area contributed by atoms with Crippen LogP contribution < -0.4 is 10.2 Å². The van der Waals surface area contributed by atoms with E-state index >= 15 is 0 Å². The van der Waals surface area contributed by atoms with Gasteiger partial charge in [0.1, 0.15) is 5.75 Å². The van der Waals surface area contributed by atoms with Crippen LogP contribution in [0.15, 0.2) is 58.5 Å². The molecule has 0 aliphatic heterocycles. The Morgan fingerprint density at radius 2 is 1.96 bits per heavy atom. The van der Waals surface area contributed by atoms with Gasteiger partial charge in [-0.25, -0.2) is 13.8 Å². The number of amides is 1. The van der Waals surface area contributed by atoms with Crippen LogP contribution in [0.2, 0.25) is 5.02 Å². The van der Waals surface area contributed by atoms with Crippen LogP contribution >= 0.6 is 11.6 Å². The van der Waals surface area contributed by atoms with Gasteiger partial charge >= 0.3 is 0 Å². The van der Waals surface area contributed by atoms with Crippen molar-refractivity contribution in [2.45, 2.75) is 4.90 Å². The maximum absolute atomic E-state index is 12.5. The summed E-state index contributed by atoms with van der Waals surface area (Å²) in [4.78, 5) is 12.0. The van der Waals surface area contributed by atoms with E-state index in [1.807, 2.05) is 0 Å². The molecule has 1 N–H and O–H groups in total. The first kappa shape index (κ1) is 19.9. The lowest BCUT2D eigenvalue weighted by molar-refractivity contribution is -0.121. The Balaban J connectivity index is 1.96. The van der Waals surface area contributed by atoms with E-state index < -0.39 is 15.9 Å². The minimum absolute atomic E-state index is 0.0658. The Bertz CT molecular complexity index is 898. The van der Waals surface area contributed by atoms with Crippen molar-refractivity contribution in [3.8, 4) is 5.75 Å². The molecule has 138 valence electrons. The average molecular weight is 396 g/mol. The highest BCUT2D eigenvalue weighted by atomic mass is 35.5. The van der Waals surface area contributed by atoms with Crippen LogP contribution in [0.25, 0.3) is 0 Å². The topological polar surface area (TPSA) is 88.1 Å². The molecule has 0 aliphatic carbocycles. The molecule has 0 atom stereocenters. The first-order valence-corrected chi connectivity index (χ1v) is 9.32. The van der Waals surface area contributed by atoms with Gasteiger partial charge in [-0.05, 0) is 42.0 Å². The fourth-order valence-electron chi connectivity index (χ4n) is 2.02. The number of carbonyl (C=O) groups excluding carboxylic acids is 1. The minimum Gasteiger partial charge on any atom is -0.497 e. The standard InChI is InChI=1S/C17H18ClN3O4S/c1-21(26(23,24)16-8-6-15(25-2)7-9-16)12-17(22)20-19-11-13-4-3-5-14(18)10-13/h3-11H,12H2,1-2H3,(H,20,22)/b19-11-. The summed E-state index contributed by atoms with van der Waals surface area (Å²) in [6.07, 6.45) is 1.42. The molecule has 0 radical (unpaired) electrons. The quantitative estimate of drug-likeness (QED) is 0.574. The third-order valence-electron chi connectivity index (χ3n) is 3.39. The Labute approximate surface area is 157 Å². The normalized spacial score (nSPS) is 11.7. The third kappa shape index (κ3) is 5.29. The minimum atomic E-state index is -3.79. The SMILES string of the molecule is COc1ccc(S(=O)(=O)N(C)CC(=O)N/N=C\c2cccc(Cl)c2)cc1. The number of carbonyl (C=O) groups is 1. The average Bonchev–Trinajstić information content (AvgIpc) is 2.61. The van der Waals surface area contributed by atoms with Crippen molar-refractivity contribution in [3.05, 3.63) is 59.1 Å². The van der Waals surface area contributed by atoms with Gasteiger partial charge in [-0.2, -0.15) is 9.41 Å². The number of rotatable bonds is 7. The smallest absolute Gasteiger partial charge is 0.255 e. The summed E-state index contributed by atoms with van der Waals surface area (Å²) < 4.78 is 30.8. The molecule has 2 aromatic carbocycles. The first-order chi connectivity index (χ1) is 12.3. The number of benzene rings is 2. The van der Waals surface area contributed by atoms with Crippen LogP contribution in [0.4, 0.5) is 0 Å². The van der Waals surface area contributed by atoms with Gasteiger partial charge in [-0.15, -0.1) is 0 Å². The van der Waals surface area contributed by atoms with Crippen LogP contribution in [-0.2, 0) is 14.8 Å². The number of hydrazone groups is 1. The maximum Gasteiger partial charge on any atom is 0.255 e. The summed E-state index contributed by atoms with van der Waals surface area (Å²) in [6, 6.07) is 12.8. The number of nitrogens with one attached hydrogen (secondary N) is 1. The van der Waals surface area contributed by atoms with Gasteiger partial charge in [-0.1, -0.05) is 23.7 Å². The zero-order valence-electron chi connectivity index (χ0n) is 14.2. The first-order valence-electron chi connectivity index (χ1n) is 7.51. The zero-order valence-corrected chi connectivity index (χ0v) is 15.8. The second kappa shape index (κ2) is 8.79. The van der Waals surface area contributed by atoms with Crippen LogP contribution in [-0.4, -0.2) is 45.5 Å². The highest BCUT2D eigenvalue weighted by Crippen LogP contribution is 2.18. The lowest BCUT2D eigenvalue weighted by atomic mass is 10.2. The molecule has 0 bridgehead atoms. The Kier molecular flexibility index (Phi) is 6.73. The number of sulfonamides is 1. The van der Waals surface area contributed by atoms with E-state index in [4.69, 9.17) is 16.3 Å². The van der Waals surface area contributed by atoms with Crippen molar-refractivity contribution < 1.29 is 17.9 Å². The molecule has 26 heavy (non-hydrogen) atoms. The second-order valence-corrected chi connectivity index (χ2v) is 7.77. The molecule has 9 heteroatoms. The number of halogens is 1. The molecule has 0 unspecified atom stereocenters. The lowest BCUT2D eigenvalue weighted by Crippen LogP contribution is -2.36. The van der Waals surface area contributed by atoms with E-state index in [1.54, 1.807) is 24.3 Å². The monoisotopic (exact) mass is 395 g/mol. The van der Waals surface area contributed by atoms with E-state index in [2.05, 4.69) is 10.5 Å². The molecule has 0 saturated heterocycles. The Morgan fingerprint density at radius 1 is 1.27 bits per heavy atom. The third-order valence-corrected chi connectivity index (χ3v) is 5.44. The van der Waals surface area contributed by atoms with Crippen molar-refractivity contribution in [2.75, 3.05) is 20.7 Å². The predicted molar refractivity (Wildman–Crippen MR) is 100.0 cm³/mol. The number of hydrogen-bond donors (Lipinski definition) is 1. The molecule has 0 aromatic heterocycles. The summed E-state index contributed by atoms with van der Waals surface area (Å²) in [5, 5.41) is 4.34. The number of nitrogens with zero attached hydrogens (tertiary/aromatic N) is 2. The summed E-state index contributed by atoms with van der Waals surface area (Å²) >= 11 is 5.85. The largest absolute Gasteiger partial charge is 0.497 e. The van der Waals surface area contributed by atoms with Crippen LogP contribution in [0.5, 0.6) is 5.75 Å². The number of methoxy groups -OCH3 is 1. The lowest BCUT2D eigenvalue weighted by Gasteiger charge is -2.16. The molecule has 0 saturated carbocycles. The van der Waals surface area contributed by atoms with Crippen molar-refractivity contribution in [1.29, 1.82) is 0 Å². The van der Waals surface area contributed by atoms with E-state index in [0.29, 0.717) is 16.3 Å². The summed E-state index contributed by atoms with van der Waals surface area (Å²) in [5.41, 5.74) is 2.99. The Hall–Kier alpha value is -2.42. The van der Waals surface area contributed by atoms with E-state index in [0.717, 1.165) is 4.31 Å². The molecular weight excluding hydrogens is 378 g/mol. The van der Waals surface area contributed by atoms with Crippen LogP contribution in [0.3, 0.4) is 0 Å². The van der Waals surface area contributed by atoms with Crippen molar-refractivity contribution in [1.82, 2.24) is 9.73 Å². The van der Waals surface area contributed by atoms with E-state index in [-0.39, 0.29) is 11.4 Å². The van der Waals surface area contributed by atoms with Crippen molar-refractivity contribution >= 4 is 33.7 Å². The number of hydrogen-bond acceptors (Lipinski definition) is 5. The van der Waals surface area contributed by atoms with E-state index in [9.17, 15) is 13.2 Å². The fraction of sp³-hybridized carbons (Fsp3) is 0.176. The highest BCUT2D eigenvalue weighted by Gasteiger charge is 2.22. The van der Waals surface area contributed by atoms with Gasteiger partial charge < -0.3 is 4.74 Å². The zero-order chi connectivity index (χ0) is 19.2. The Morgan fingerprint density at radius 3 is 2.58 bits per heavy atom. The van der Waals surface area contributed by atoms with Gasteiger partial charge in [-0.3, -0.25) is 4.79 Å². The molecule has 0 spiro atoms. The molecular formula is C17H18ClN3O4S. The molecule has 1 amide bonds. The molecule has 2 aromatic rings. The van der Waals surface area contributed by atoms with Gasteiger partial charge in [0, 0.05) is 12.1 Å². The fourth-order valence-corrected chi connectivity index (χ4v) is 3.34. The summed E-state index contributed by atoms with van der Waals surface area (Å²) in [7, 11) is -0.985. The maximum atomic E-state index is 12.5. The van der Waals surface area contributed by atoms with Gasteiger partial charge in [0.25, 0.3) is 5.91 Å². The molecule has 0 aliphatic rings. The van der Waals surface area contributed by atoms with Crippen molar-refractivity contribution in [2.24, 2.45) is 5.10 Å². The second-order valence-electron chi connectivity index (χ2n) is 5.28.